The highest BCUT2D eigenvalue weighted by Gasteiger charge is 2.09. The average molecular weight is 261 g/mol. The molecule has 5 nitrogen and oxygen atoms in total. The van der Waals surface area contributed by atoms with Gasteiger partial charge in [0.25, 0.3) is 0 Å². The van der Waals surface area contributed by atoms with Gasteiger partial charge in [-0.3, -0.25) is 0 Å². The molecule has 0 aliphatic rings. The molecule has 0 rings (SSSR count). The SMILES string of the molecule is CCOC(=O)/C=C/[C@@H](CCSC)NC(=O)OC. The predicted octanol–water partition coefficient (Wildman–Crippen LogP) is 1.58. The van der Waals surface area contributed by atoms with Crippen molar-refractivity contribution in [1.82, 2.24) is 5.32 Å². The zero-order valence-electron chi connectivity index (χ0n) is 10.4. The van der Waals surface area contributed by atoms with Crippen LogP contribution in [0.25, 0.3) is 0 Å². The van der Waals surface area contributed by atoms with E-state index >= 15 is 0 Å². The van der Waals surface area contributed by atoms with Crippen molar-refractivity contribution in [3.63, 3.8) is 0 Å². The fourth-order valence-electron chi connectivity index (χ4n) is 1.06. The number of thioether (sulfide) groups is 1. The zero-order chi connectivity index (χ0) is 13.1. The molecule has 1 atom stereocenters. The standard InChI is InChI=1S/C11H19NO4S/c1-4-16-10(13)6-5-9(7-8-17-3)12-11(14)15-2/h5-6,9H,4,7-8H2,1-3H3,(H,12,14)/b6-5+/t9-/m0/s1. The van der Waals surface area contributed by atoms with Gasteiger partial charge < -0.3 is 14.8 Å². The summed E-state index contributed by atoms with van der Waals surface area (Å²) in [6, 6.07) is -0.223. The van der Waals surface area contributed by atoms with Crippen LogP contribution in [-0.2, 0) is 14.3 Å². The maximum atomic E-state index is 11.1. The molecule has 0 saturated heterocycles. The van der Waals surface area contributed by atoms with E-state index < -0.39 is 12.1 Å². The van der Waals surface area contributed by atoms with Crippen LogP contribution in [0.4, 0.5) is 4.79 Å². The molecule has 0 bridgehead atoms. The van der Waals surface area contributed by atoms with Gasteiger partial charge in [-0.15, -0.1) is 0 Å². The Bertz CT molecular complexity index is 268. The van der Waals surface area contributed by atoms with Crippen molar-refractivity contribution in [2.24, 2.45) is 0 Å². The van der Waals surface area contributed by atoms with Gasteiger partial charge in [-0.05, 0) is 25.4 Å². The van der Waals surface area contributed by atoms with E-state index in [9.17, 15) is 9.59 Å². The van der Waals surface area contributed by atoms with Gasteiger partial charge in [-0.1, -0.05) is 6.08 Å². The summed E-state index contributed by atoms with van der Waals surface area (Å²) in [5, 5.41) is 2.63. The van der Waals surface area contributed by atoms with Crippen molar-refractivity contribution in [3.8, 4) is 0 Å². The summed E-state index contributed by atoms with van der Waals surface area (Å²) in [6.45, 7) is 2.08. The fourth-order valence-corrected chi connectivity index (χ4v) is 1.55. The van der Waals surface area contributed by atoms with Crippen molar-refractivity contribution >= 4 is 23.8 Å². The molecule has 0 aromatic carbocycles. The summed E-state index contributed by atoms with van der Waals surface area (Å²) in [6.07, 6.45) is 5.14. The molecule has 0 aliphatic carbocycles. The molecular formula is C11H19NO4S. The minimum atomic E-state index is -0.510. The highest BCUT2D eigenvalue weighted by molar-refractivity contribution is 7.98. The minimum Gasteiger partial charge on any atom is -0.463 e. The molecule has 17 heavy (non-hydrogen) atoms. The van der Waals surface area contributed by atoms with Gasteiger partial charge in [-0.25, -0.2) is 9.59 Å². The Morgan fingerprint density at radius 1 is 1.47 bits per heavy atom. The highest BCUT2D eigenvalue weighted by atomic mass is 32.2. The zero-order valence-corrected chi connectivity index (χ0v) is 11.2. The summed E-state index contributed by atoms with van der Waals surface area (Å²) in [4.78, 5) is 22.2. The first-order valence-electron chi connectivity index (χ1n) is 5.32. The minimum absolute atomic E-state index is 0.223. The van der Waals surface area contributed by atoms with E-state index in [0.717, 1.165) is 12.2 Å². The van der Waals surface area contributed by atoms with Gasteiger partial charge in [0, 0.05) is 6.08 Å². The third-order valence-electron chi connectivity index (χ3n) is 1.87. The van der Waals surface area contributed by atoms with Crippen molar-refractivity contribution in [2.75, 3.05) is 25.7 Å². The number of hydrogen-bond acceptors (Lipinski definition) is 5. The van der Waals surface area contributed by atoms with Crippen LogP contribution < -0.4 is 5.32 Å². The number of nitrogens with one attached hydrogen (secondary N) is 1. The third kappa shape index (κ3) is 8.62. The number of carbonyl (C=O) groups is 2. The van der Waals surface area contributed by atoms with Crippen LogP contribution in [0, 0.1) is 0 Å². The largest absolute Gasteiger partial charge is 0.463 e. The number of carbonyl (C=O) groups excluding carboxylic acids is 2. The van der Waals surface area contributed by atoms with E-state index in [-0.39, 0.29) is 6.04 Å². The number of esters is 1. The van der Waals surface area contributed by atoms with Gasteiger partial charge in [0.1, 0.15) is 0 Å². The van der Waals surface area contributed by atoms with Crippen LogP contribution in [0.5, 0.6) is 0 Å². The Morgan fingerprint density at radius 2 is 2.18 bits per heavy atom. The predicted molar refractivity (Wildman–Crippen MR) is 68.1 cm³/mol. The number of hydrogen-bond donors (Lipinski definition) is 1. The second-order valence-electron chi connectivity index (χ2n) is 3.14. The molecule has 0 unspecified atom stereocenters. The van der Waals surface area contributed by atoms with E-state index in [1.165, 1.54) is 13.2 Å². The topological polar surface area (TPSA) is 64.6 Å². The van der Waals surface area contributed by atoms with Crippen molar-refractivity contribution in [1.29, 1.82) is 0 Å². The summed E-state index contributed by atoms with van der Waals surface area (Å²) in [5.74, 6) is 0.468. The summed E-state index contributed by atoms with van der Waals surface area (Å²) in [5.41, 5.74) is 0. The van der Waals surface area contributed by atoms with Crippen LogP contribution in [0.2, 0.25) is 0 Å². The number of methoxy groups -OCH3 is 1. The van der Waals surface area contributed by atoms with E-state index in [4.69, 9.17) is 4.74 Å². The smallest absolute Gasteiger partial charge is 0.407 e. The maximum absolute atomic E-state index is 11.1. The van der Waals surface area contributed by atoms with E-state index in [2.05, 4.69) is 10.1 Å². The van der Waals surface area contributed by atoms with Gasteiger partial charge in [-0.2, -0.15) is 11.8 Å². The summed E-state index contributed by atoms with van der Waals surface area (Å²) >= 11 is 1.67. The second kappa shape index (κ2) is 10.0. The van der Waals surface area contributed by atoms with Gasteiger partial charge in [0.15, 0.2) is 0 Å². The first-order chi connectivity index (χ1) is 8.13. The van der Waals surface area contributed by atoms with Crippen LogP contribution >= 0.6 is 11.8 Å². The Morgan fingerprint density at radius 3 is 2.71 bits per heavy atom. The lowest BCUT2D eigenvalue weighted by molar-refractivity contribution is -0.137. The van der Waals surface area contributed by atoms with Crippen LogP contribution in [-0.4, -0.2) is 43.8 Å². The molecule has 0 aromatic rings. The molecule has 0 spiro atoms. The first-order valence-corrected chi connectivity index (χ1v) is 6.71. The van der Waals surface area contributed by atoms with Crippen LogP contribution in [0.15, 0.2) is 12.2 Å². The lowest BCUT2D eigenvalue weighted by atomic mass is 10.2. The highest BCUT2D eigenvalue weighted by Crippen LogP contribution is 2.02. The lowest BCUT2D eigenvalue weighted by Crippen LogP contribution is -2.33. The van der Waals surface area contributed by atoms with Gasteiger partial charge >= 0.3 is 12.1 Å². The third-order valence-corrected chi connectivity index (χ3v) is 2.52. The Kier molecular flexibility index (Phi) is 9.33. The van der Waals surface area contributed by atoms with Gasteiger partial charge in [0.2, 0.25) is 0 Å². The number of rotatable bonds is 7. The molecule has 0 fully saturated rings. The monoisotopic (exact) mass is 261 g/mol. The van der Waals surface area contributed by atoms with E-state index in [1.807, 2.05) is 6.26 Å². The molecule has 98 valence electrons. The van der Waals surface area contributed by atoms with Crippen molar-refractivity contribution < 1.29 is 19.1 Å². The lowest BCUT2D eigenvalue weighted by Gasteiger charge is -2.13. The number of amides is 1. The molecule has 0 radical (unpaired) electrons. The molecular weight excluding hydrogens is 242 g/mol. The maximum Gasteiger partial charge on any atom is 0.407 e. The van der Waals surface area contributed by atoms with Crippen LogP contribution in [0.1, 0.15) is 13.3 Å². The fraction of sp³-hybridized carbons (Fsp3) is 0.636. The molecule has 0 heterocycles. The quantitative estimate of drug-likeness (QED) is 0.557. The number of ether oxygens (including phenoxy) is 2. The molecule has 6 heteroatoms. The molecule has 0 aromatic heterocycles. The Hall–Kier alpha value is -1.17. The molecule has 1 N–H and O–H groups in total. The van der Waals surface area contributed by atoms with Gasteiger partial charge in [0.05, 0.1) is 19.8 Å². The molecule has 0 saturated carbocycles. The summed E-state index contributed by atoms with van der Waals surface area (Å²) < 4.78 is 9.26. The van der Waals surface area contributed by atoms with E-state index in [1.54, 1.807) is 24.8 Å². The van der Waals surface area contributed by atoms with E-state index in [0.29, 0.717) is 6.61 Å². The number of alkyl carbamates (subject to hydrolysis) is 1. The second-order valence-corrected chi connectivity index (χ2v) is 4.12. The average Bonchev–Trinajstić information content (AvgIpc) is 2.32. The normalized spacial score (nSPS) is 12.2. The molecule has 0 aliphatic heterocycles. The van der Waals surface area contributed by atoms with Crippen LogP contribution in [0.3, 0.4) is 0 Å². The van der Waals surface area contributed by atoms with Crippen molar-refractivity contribution in [3.05, 3.63) is 12.2 Å². The first kappa shape index (κ1) is 15.8. The Labute approximate surface area is 106 Å². The Balaban J connectivity index is 4.25. The molecule has 1 amide bonds. The summed E-state index contributed by atoms with van der Waals surface area (Å²) in [7, 11) is 1.30. The van der Waals surface area contributed by atoms with Crippen molar-refractivity contribution in [2.45, 2.75) is 19.4 Å².